The molecule has 1 spiro atoms. The summed E-state index contributed by atoms with van der Waals surface area (Å²) in [6.07, 6.45) is 3.61. The van der Waals surface area contributed by atoms with Crippen molar-refractivity contribution in [3.63, 3.8) is 0 Å². The maximum atomic E-state index is 12.4. The number of fused-ring (bicyclic) bond motifs is 1. The second-order valence-electron chi connectivity index (χ2n) is 7.86. The Morgan fingerprint density at radius 1 is 1.18 bits per heavy atom. The van der Waals surface area contributed by atoms with Gasteiger partial charge in [0.05, 0.1) is 0 Å². The monoisotopic (exact) mass is 236 g/mol. The number of ketones is 1. The maximum Gasteiger partial charge on any atom is 0.165 e. The molecule has 3 fully saturated rings. The number of hydrogen-bond acceptors (Lipinski definition) is 2. The summed E-state index contributed by atoms with van der Waals surface area (Å²) in [6.45, 7) is 9.02. The lowest BCUT2D eigenvalue weighted by atomic mass is 9.48. The Kier molecular flexibility index (Phi) is 2.04. The second-order valence-corrected chi connectivity index (χ2v) is 7.86. The van der Waals surface area contributed by atoms with Gasteiger partial charge in [0.2, 0.25) is 0 Å². The molecule has 96 valence electrons. The number of hydrogen-bond donors (Lipinski definition) is 1. The van der Waals surface area contributed by atoms with Crippen LogP contribution in [0.3, 0.4) is 0 Å². The normalized spacial score (nSPS) is 50.4. The molecule has 2 nitrogen and oxygen atoms in total. The molecule has 2 bridgehead atoms. The van der Waals surface area contributed by atoms with Gasteiger partial charge in [0.25, 0.3) is 0 Å². The molecule has 3 saturated carbocycles. The molecule has 4 unspecified atom stereocenters. The number of Topliss-reactive ketones (excluding diaryl/α,β-unsaturated/α-hetero) is 1. The van der Waals surface area contributed by atoms with Crippen LogP contribution in [0.2, 0.25) is 0 Å². The van der Waals surface area contributed by atoms with Gasteiger partial charge >= 0.3 is 0 Å². The first kappa shape index (κ1) is 11.7. The summed E-state index contributed by atoms with van der Waals surface area (Å²) in [5.41, 5.74) is 0.374. The Balaban J connectivity index is 2.15. The second kappa shape index (κ2) is 2.96. The SMILES string of the molecule is CC1(C)C2CCC3(C2)C1C(=O)C(O)CC3(C)C. The third-order valence-corrected chi connectivity index (χ3v) is 6.56. The number of aliphatic hydroxyl groups is 1. The third-order valence-electron chi connectivity index (χ3n) is 6.56. The molecule has 0 aromatic heterocycles. The van der Waals surface area contributed by atoms with E-state index in [0.29, 0.717) is 12.3 Å². The number of carbonyl (C=O) groups is 1. The molecule has 0 amide bonds. The van der Waals surface area contributed by atoms with E-state index in [-0.39, 0.29) is 27.9 Å². The molecule has 3 rings (SSSR count). The summed E-state index contributed by atoms with van der Waals surface area (Å²) in [6, 6.07) is 0. The van der Waals surface area contributed by atoms with Crippen molar-refractivity contribution >= 4 is 5.78 Å². The first-order chi connectivity index (χ1) is 7.72. The highest BCUT2D eigenvalue weighted by molar-refractivity contribution is 5.88. The van der Waals surface area contributed by atoms with Gasteiger partial charge in [-0.05, 0) is 47.8 Å². The number of carbonyl (C=O) groups excluding carboxylic acids is 1. The highest BCUT2D eigenvalue weighted by atomic mass is 16.3. The average molecular weight is 236 g/mol. The summed E-state index contributed by atoms with van der Waals surface area (Å²) in [5.74, 6) is 0.907. The van der Waals surface area contributed by atoms with E-state index in [1.54, 1.807) is 0 Å². The highest BCUT2D eigenvalue weighted by Gasteiger charge is 2.71. The first-order valence-corrected chi connectivity index (χ1v) is 6.94. The van der Waals surface area contributed by atoms with Gasteiger partial charge in [-0.25, -0.2) is 0 Å². The molecule has 17 heavy (non-hydrogen) atoms. The minimum Gasteiger partial charge on any atom is -0.385 e. The van der Waals surface area contributed by atoms with Gasteiger partial charge in [-0.1, -0.05) is 27.7 Å². The minimum absolute atomic E-state index is 0.0903. The predicted octanol–water partition coefficient (Wildman–Crippen LogP) is 2.79. The van der Waals surface area contributed by atoms with Crippen molar-refractivity contribution in [1.29, 1.82) is 0 Å². The van der Waals surface area contributed by atoms with Crippen LogP contribution in [0.15, 0.2) is 0 Å². The molecule has 3 aliphatic rings. The Morgan fingerprint density at radius 2 is 1.82 bits per heavy atom. The zero-order valence-electron chi connectivity index (χ0n) is 11.4. The van der Waals surface area contributed by atoms with E-state index in [1.165, 1.54) is 19.3 Å². The predicted molar refractivity (Wildman–Crippen MR) is 66.5 cm³/mol. The standard InChI is InChI=1S/C15H24O2/c1-13(2)8-10(16)11(17)12-14(3,4)9-5-6-15(12,13)7-9/h9-10,12,16H,5-8H2,1-4H3. The van der Waals surface area contributed by atoms with Crippen molar-refractivity contribution in [2.24, 2.45) is 28.1 Å². The van der Waals surface area contributed by atoms with Crippen LogP contribution in [0.4, 0.5) is 0 Å². The van der Waals surface area contributed by atoms with Crippen LogP contribution in [0.1, 0.15) is 53.4 Å². The zero-order valence-corrected chi connectivity index (χ0v) is 11.4. The Labute approximate surface area is 104 Å². The van der Waals surface area contributed by atoms with Crippen molar-refractivity contribution < 1.29 is 9.90 Å². The van der Waals surface area contributed by atoms with Gasteiger partial charge in [0.15, 0.2) is 5.78 Å². The molecular formula is C15H24O2. The molecule has 2 heteroatoms. The van der Waals surface area contributed by atoms with E-state index in [2.05, 4.69) is 27.7 Å². The van der Waals surface area contributed by atoms with Crippen LogP contribution in [-0.4, -0.2) is 17.0 Å². The molecule has 4 atom stereocenters. The van der Waals surface area contributed by atoms with Crippen molar-refractivity contribution in [2.75, 3.05) is 0 Å². The van der Waals surface area contributed by atoms with Gasteiger partial charge in [0.1, 0.15) is 6.10 Å². The van der Waals surface area contributed by atoms with Crippen molar-refractivity contribution in [3.05, 3.63) is 0 Å². The van der Waals surface area contributed by atoms with Crippen LogP contribution in [0.25, 0.3) is 0 Å². The summed E-state index contributed by atoms with van der Waals surface area (Å²) < 4.78 is 0. The molecule has 3 aliphatic carbocycles. The fourth-order valence-electron chi connectivity index (χ4n) is 5.54. The van der Waals surface area contributed by atoms with Crippen molar-refractivity contribution in [1.82, 2.24) is 0 Å². The van der Waals surface area contributed by atoms with Crippen LogP contribution < -0.4 is 0 Å². The molecule has 0 heterocycles. The fourth-order valence-corrected chi connectivity index (χ4v) is 5.54. The van der Waals surface area contributed by atoms with E-state index in [9.17, 15) is 9.90 Å². The lowest BCUT2D eigenvalue weighted by Crippen LogP contribution is -2.57. The third kappa shape index (κ3) is 1.13. The van der Waals surface area contributed by atoms with E-state index in [1.807, 2.05) is 0 Å². The topological polar surface area (TPSA) is 37.3 Å². The van der Waals surface area contributed by atoms with Crippen molar-refractivity contribution in [2.45, 2.75) is 59.5 Å². The van der Waals surface area contributed by atoms with E-state index >= 15 is 0 Å². The zero-order chi connectivity index (χ0) is 12.6. The average Bonchev–Trinajstić information content (AvgIpc) is 2.69. The summed E-state index contributed by atoms with van der Waals surface area (Å²) in [5, 5.41) is 10.1. The number of aliphatic hydroxyl groups excluding tert-OH is 1. The van der Waals surface area contributed by atoms with E-state index in [0.717, 1.165) is 0 Å². The molecule has 0 aromatic rings. The Bertz CT molecular complexity index is 382. The largest absolute Gasteiger partial charge is 0.385 e. The van der Waals surface area contributed by atoms with Gasteiger partial charge < -0.3 is 5.11 Å². The van der Waals surface area contributed by atoms with Gasteiger partial charge in [-0.2, -0.15) is 0 Å². The van der Waals surface area contributed by atoms with Crippen LogP contribution in [0, 0.1) is 28.1 Å². The lowest BCUT2D eigenvalue weighted by molar-refractivity contribution is -0.161. The highest BCUT2D eigenvalue weighted by Crippen LogP contribution is 2.74. The smallest absolute Gasteiger partial charge is 0.165 e. The van der Waals surface area contributed by atoms with Crippen LogP contribution >= 0.6 is 0 Å². The molecule has 0 aliphatic heterocycles. The number of rotatable bonds is 0. The maximum absolute atomic E-state index is 12.4. The summed E-state index contributed by atoms with van der Waals surface area (Å²) in [4.78, 5) is 12.4. The molecule has 0 radical (unpaired) electrons. The summed E-state index contributed by atoms with van der Waals surface area (Å²) in [7, 11) is 0. The minimum atomic E-state index is -0.723. The molecule has 1 N–H and O–H groups in total. The van der Waals surface area contributed by atoms with Gasteiger partial charge in [-0.3, -0.25) is 4.79 Å². The first-order valence-electron chi connectivity index (χ1n) is 6.94. The van der Waals surface area contributed by atoms with Crippen molar-refractivity contribution in [3.8, 4) is 0 Å². The molecule has 0 aromatic carbocycles. The lowest BCUT2D eigenvalue weighted by Gasteiger charge is -2.55. The van der Waals surface area contributed by atoms with Gasteiger partial charge in [0, 0.05) is 5.92 Å². The van der Waals surface area contributed by atoms with E-state index in [4.69, 9.17) is 0 Å². The summed E-state index contributed by atoms with van der Waals surface area (Å²) >= 11 is 0. The quantitative estimate of drug-likeness (QED) is 0.702. The molecular weight excluding hydrogens is 212 g/mol. The van der Waals surface area contributed by atoms with Crippen LogP contribution in [0.5, 0.6) is 0 Å². The molecule has 0 saturated heterocycles. The Morgan fingerprint density at radius 3 is 2.47 bits per heavy atom. The van der Waals surface area contributed by atoms with Gasteiger partial charge in [-0.15, -0.1) is 0 Å². The fraction of sp³-hybridized carbons (Fsp3) is 0.933. The van der Waals surface area contributed by atoms with Crippen LogP contribution in [-0.2, 0) is 4.79 Å². The Hall–Kier alpha value is -0.370. The van der Waals surface area contributed by atoms with E-state index < -0.39 is 6.10 Å².